The number of amides is 14. The summed E-state index contributed by atoms with van der Waals surface area (Å²) >= 11 is 1.44. The number of aliphatic hydroxyl groups excluding tert-OH is 1. The lowest BCUT2D eigenvalue weighted by Crippen LogP contribution is -2.47. The van der Waals surface area contributed by atoms with Crippen molar-refractivity contribution >= 4 is 127 Å². The van der Waals surface area contributed by atoms with Gasteiger partial charge in [-0.05, 0) is 72.4 Å². The average Bonchev–Trinajstić information content (AvgIpc) is 1.26. The summed E-state index contributed by atoms with van der Waals surface area (Å²) in [5, 5.41) is 45.7. The molecule has 44 nitrogen and oxygen atoms in total. The van der Waals surface area contributed by atoms with Crippen molar-refractivity contribution in [3.8, 4) is 6.07 Å². The number of likely N-dealkylation sites (tertiary alicyclic amines) is 1. The van der Waals surface area contributed by atoms with Gasteiger partial charge in [0.1, 0.15) is 12.4 Å². The molecule has 724 valence electrons. The van der Waals surface area contributed by atoms with E-state index in [1.807, 2.05) is 62.0 Å². The fourth-order valence-electron chi connectivity index (χ4n) is 6.90. The number of hydrogen-bond donors (Lipinski definition) is 11. The van der Waals surface area contributed by atoms with Crippen LogP contribution in [0.1, 0.15) is 159 Å². The van der Waals surface area contributed by atoms with E-state index in [0.29, 0.717) is 116 Å². The van der Waals surface area contributed by atoms with Crippen LogP contribution >= 0.6 is 11.3 Å². The zero-order valence-corrected chi connectivity index (χ0v) is 80.8. The maximum absolute atomic E-state index is 11.1. The number of nitrogens with two attached hydrogens (primary N) is 1. The third-order valence-corrected chi connectivity index (χ3v) is 18.2. The number of hydrogen-bond acceptors (Lipinski definition) is 29. The van der Waals surface area contributed by atoms with E-state index >= 15 is 0 Å². The Morgan fingerprint density at radius 2 is 1.19 bits per heavy atom. The molecule has 4 saturated heterocycles. The second-order valence-electron chi connectivity index (χ2n) is 24.7. The number of nitriles is 1. The molecule has 0 unspecified atom stereocenters. The van der Waals surface area contributed by atoms with Crippen LogP contribution in [-0.2, 0) is 106 Å². The Morgan fingerprint density at radius 3 is 1.42 bits per heavy atom. The van der Waals surface area contributed by atoms with E-state index in [-0.39, 0.29) is 84.1 Å². The second-order valence-corrected chi connectivity index (χ2v) is 29.8. The molecule has 47 heteroatoms. The summed E-state index contributed by atoms with van der Waals surface area (Å²) in [6.45, 7) is 40.0. The first-order chi connectivity index (χ1) is 57.9. The number of piperidine rings is 1. The third-order valence-electron chi connectivity index (χ3n) is 13.9. The number of carboxylic acids is 1. The monoisotopic (exact) mass is 1840 g/mol. The lowest BCUT2D eigenvalue weighted by Gasteiger charge is -2.31. The Hall–Kier alpha value is -9.61. The zero-order chi connectivity index (χ0) is 98.6. The van der Waals surface area contributed by atoms with Gasteiger partial charge >= 0.3 is 5.97 Å². The Kier molecular flexibility index (Phi) is 108. The maximum atomic E-state index is 11.1. The number of carbonyl (C=O) groups excluding carboxylic acids is 14. The number of allylic oxidation sites excluding steroid dienone is 1. The molecule has 4 aliphatic heterocycles. The highest BCUT2D eigenvalue weighted by molar-refractivity contribution is 7.89. The van der Waals surface area contributed by atoms with Gasteiger partial charge in [0.05, 0.1) is 56.0 Å². The van der Waals surface area contributed by atoms with Gasteiger partial charge in [-0.15, -0.1) is 11.3 Å². The summed E-state index contributed by atoms with van der Waals surface area (Å²) in [5.41, 5.74) is 9.94. The van der Waals surface area contributed by atoms with Gasteiger partial charge in [-0.1, -0.05) is 32.9 Å². The molecule has 0 aliphatic carbocycles. The van der Waals surface area contributed by atoms with Crippen molar-refractivity contribution in [2.75, 3.05) is 213 Å². The Bertz CT molecular complexity index is 3280. The number of imide groups is 2. The first kappa shape index (κ1) is 138. The predicted octanol–water partition coefficient (Wildman–Crippen LogP) is 0.00378. The lowest BCUT2D eigenvalue weighted by atomic mass is 10.1. The van der Waals surface area contributed by atoms with Gasteiger partial charge in [-0.2, -0.15) is 10.4 Å². The number of carboxylic acid groups (broad SMARTS) is 1. The highest BCUT2D eigenvalue weighted by atomic mass is 32.2. The van der Waals surface area contributed by atoms with Crippen molar-refractivity contribution in [1.82, 2.24) is 80.9 Å². The zero-order valence-electron chi connectivity index (χ0n) is 78.4. The van der Waals surface area contributed by atoms with Gasteiger partial charge in [-0.3, -0.25) is 82.3 Å². The molecule has 12 N–H and O–H groups in total. The Morgan fingerprint density at radius 1 is 0.694 bits per heavy atom. The number of nitrogens with one attached hydrogen (secondary N) is 8. The number of likely N-dealkylation sites (N-methyl/N-ethyl adjacent to an activating group) is 2. The molecule has 0 bridgehead atoms. The van der Waals surface area contributed by atoms with Crippen LogP contribution in [0.15, 0.2) is 34.8 Å². The molecule has 0 aromatic carbocycles. The topological polar surface area (TPSA) is 586 Å². The van der Waals surface area contributed by atoms with Gasteiger partial charge in [0.2, 0.25) is 97.8 Å². The second kappa shape index (κ2) is 97.2. The molecule has 0 saturated carbocycles. The van der Waals surface area contributed by atoms with Crippen LogP contribution < -0.4 is 48.5 Å². The molecule has 0 spiro atoms. The highest BCUT2D eigenvalue weighted by Gasteiger charge is 2.25. The van der Waals surface area contributed by atoms with Crippen molar-refractivity contribution < 1.29 is 118 Å². The summed E-state index contributed by atoms with van der Waals surface area (Å²) in [6.07, 6.45) is 8.91. The molecule has 4 aliphatic rings. The van der Waals surface area contributed by atoms with E-state index in [2.05, 4.69) is 69.3 Å². The Labute approximate surface area is 741 Å². The summed E-state index contributed by atoms with van der Waals surface area (Å²) in [6, 6.07) is 5.58. The number of ether oxygens (including phenoxy) is 4. The number of hydrazone groups is 1. The predicted molar refractivity (Wildman–Crippen MR) is 479 cm³/mol. The molecule has 0 radical (unpaired) electrons. The van der Waals surface area contributed by atoms with E-state index in [1.165, 1.54) is 88.6 Å². The number of morpholine rings is 1. The van der Waals surface area contributed by atoms with Crippen LogP contribution in [-0.4, -0.2) is 374 Å². The minimum absolute atomic E-state index is 0.00463. The fourth-order valence-corrected chi connectivity index (χ4v) is 9.66. The number of rotatable bonds is 22. The van der Waals surface area contributed by atoms with Crippen LogP contribution in [0.2, 0.25) is 0 Å². The van der Waals surface area contributed by atoms with Crippen LogP contribution in [0, 0.1) is 11.3 Å². The van der Waals surface area contributed by atoms with Crippen molar-refractivity contribution in [2.45, 2.75) is 149 Å². The number of hydrazine groups is 1. The molecular weight excluding hydrogens is 1690 g/mol. The average molecular weight is 1840 g/mol. The van der Waals surface area contributed by atoms with Crippen molar-refractivity contribution in [2.24, 2.45) is 10.8 Å². The lowest BCUT2D eigenvalue weighted by molar-refractivity contribution is -0.148. The molecule has 1 aromatic rings. The van der Waals surface area contributed by atoms with E-state index in [4.69, 9.17) is 30.7 Å². The first-order valence-corrected chi connectivity index (χ1v) is 43.7. The summed E-state index contributed by atoms with van der Waals surface area (Å²) in [5.74, 6) is -0.341. The number of aliphatic hydroxyl groups is 1. The van der Waals surface area contributed by atoms with Gasteiger partial charge in [-0.25, -0.2) is 40.7 Å². The first-order valence-electron chi connectivity index (χ1n) is 39.4. The van der Waals surface area contributed by atoms with E-state index < -0.39 is 26.0 Å². The van der Waals surface area contributed by atoms with Gasteiger partial charge in [0, 0.05) is 235 Å². The molecule has 124 heavy (non-hydrogen) atoms. The summed E-state index contributed by atoms with van der Waals surface area (Å²) < 4.78 is 65.3. The standard InChI is InChI=1S/C7H14N2O.C7H11NO2.C6H12N2O2.C6H13NO2S.C6H13NO2.C6H7NOS.C5H11NO2.C5H11NO.C4H9N3O.C4H11NO2S.2C4H9NO2.C4H6O2.C3H5NO2.C3H7NO.C3H5N/c1-7(10)9-5-3-8(2)4-6-9;1-2-8-6(9)4-3-5-7(8)10;1-6(9)7-8-2-4-10-5-3-8;1-2-7-5-3-4-6-10(7,8)9;1-3-9-5-4-7-6(2)8;1-7-6(8)5-3-2-4-9-5;1-5(7)6-3-4-8-2;1-4-6(3)5(2)7;1-3(5)6-7-4(2)8;1-4-5(2)8(3,6)7;1-5-4(6)3-7-2;1-4(7)5-2-3-6;1-2-3-4(5)6;1-4(2-5)3-6;1-3(5)4-2;1-2-3-4/h3-6H2,1-2H3;2-5H2,1H3;2-5H2,1H3,(H,7,9);2-6H2,1H3;3-5H2,1-2H3,(H,7,8);2-4H,1H3,(H,7,8);3-4H2,1-2H3,(H,6,7);4H2,1-3H3;1-2H3,(H2,5,6)(H,7,8);4H2,1-3H3;3H2,1-2H3,(H,5,6);6H,2-3H2,1H3,(H,5,7);2-3H,1H3,(H,5,6);2-3H,1H3;1-2H3,(H,4,5);2H2,1H3/b;;;;;;;;;;;;3-2+;;;. The van der Waals surface area contributed by atoms with E-state index in [1.54, 1.807) is 92.2 Å². The van der Waals surface area contributed by atoms with Crippen molar-refractivity contribution in [3.05, 3.63) is 34.5 Å². The van der Waals surface area contributed by atoms with Crippen LogP contribution in [0.25, 0.3) is 0 Å². The minimum Gasteiger partial charge on any atom is -0.478 e. The van der Waals surface area contributed by atoms with Crippen molar-refractivity contribution in [1.29, 1.82) is 5.26 Å². The summed E-state index contributed by atoms with van der Waals surface area (Å²) in [7, 11) is 8.90. The van der Waals surface area contributed by atoms with Crippen LogP contribution in [0.4, 0.5) is 0 Å². The smallest absolute Gasteiger partial charge is 0.327 e. The number of nitrogens with zero attached hydrogens (tertiary/aromatic N) is 10. The van der Waals surface area contributed by atoms with Crippen LogP contribution in [0.3, 0.4) is 0 Å². The molecule has 5 heterocycles. The van der Waals surface area contributed by atoms with Crippen LogP contribution in [0.5, 0.6) is 0 Å². The van der Waals surface area contributed by atoms with Gasteiger partial charge < -0.3 is 81.5 Å². The SMILES string of the molecule is C/C=C/C(=O)O.CC(=O)N1CCN(C)CC1.CC(=O)NCCO.CC(=O)NN1CCOCC1.CC(=O)NN=C(C)N.CCC#N.CCN(C)C(C)=O.CCN(C)S(C)(=O)=O.CCN1C(=O)CCCC1=O.CCN1CCCCS1(=O)=O.CCOCCNC(C)=O.CN(C=O)C=O.CNC(=O)COC.CNC(=O)c1cccs1.CNC(C)=O.COCCNC(C)=O. The maximum Gasteiger partial charge on any atom is 0.327 e. The van der Waals surface area contributed by atoms with E-state index in [9.17, 15) is 88.8 Å². The third kappa shape index (κ3) is 114. The number of aliphatic carboxylic acids is 1. The van der Waals surface area contributed by atoms with E-state index in [0.717, 1.165) is 87.5 Å². The normalized spacial score (nSPS) is 13.1. The molecular formula is C77H153N19O25S3. The molecule has 14 amide bonds. The quantitative estimate of drug-likeness (QED) is 0.0138. The number of carbonyl (C=O) groups is 15. The number of sulfonamides is 2. The fraction of sp³-hybridized carbons (Fsp3) is 0.701. The summed E-state index contributed by atoms with van der Waals surface area (Å²) in [4.78, 5) is 162. The Balaban J connectivity index is -0.000000123. The number of thiophene rings is 1. The number of methoxy groups -OCH3 is 2. The minimum atomic E-state index is -2.92. The molecule has 4 fully saturated rings. The number of piperazine rings is 1. The van der Waals surface area contributed by atoms with Gasteiger partial charge in [0.25, 0.3) is 5.91 Å². The molecule has 0 atom stereocenters. The molecule has 1 aromatic heterocycles. The largest absolute Gasteiger partial charge is 0.478 e. The van der Waals surface area contributed by atoms with Gasteiger partial charge in [0.15, 0.2) is 0 Å². The number of amidine groups is 1. The molecule has 5 rings (SSSR count). The van der Waals surface area contributed by atoms with Crippen molar-refractivity contribution in [3.63, 3.8) is 0 Å². The highest BCUT2D eigenvalue weighted by Crippen LogP contribution is 2.13.